The van der Waals surface area contributed by atoms with Crippen molar-refractivity contribution in [3.63, 3.8) is 0 Å². The number of hydrogen-bond acceptors (Lipinski definition) is 3. The van der Waals surface area contributed by atoms with E-state index in [1.54, 1.807) is 11.0 Å². The van der Waals surface area contributed by atoms with E-state index in [4.69, 9.17) is 9.84 Å². The molecule has 1 unspecified atom stereocenters. The molecule has 5 nitrogen and oxygen atoms in total. The standard InChI is InChI=1S/C13H19NO4/c15-12(8-11-5-1-2-7-18-11)14-6-3-4-10(9-14)13(16)17/h4,11H,1-3,5-9H2,(H,16,17). The van der Waals surface area contributed by atoms with Gasteiger partial charge in [0.15, 0.2) is 0 Å². The first-order valence-corrected chi connectivity index (χ1v) is 6.48. The second kappa shape index (κ2) is 6.00. The maximum Gasteiger partial charge on any atom is 0.333 e. The molecule has 0 bridgehead atoms. The van der Waals surface area contributed by atoms with Crippen molar-refractivity contribution in [2.24, 2.45) is 0 Å². The van der Waals surface area contributed by atoms with Gasteiger partial charge in [-0.1, -0.05) is 6.08 Å². The van der Waals surface area contributed by atoms with E-state index < -0.39 is 5.97 Å². The summed E-state index contributed by atoms with van der Waals surface area (Å²) in [6.45, 7) is 1.57. The Bertz CT molecular complexity index is 358. The molecule has 1 saturated heterocycles. The molecular formula is C13H19NO4. The van der Waals surface area contributed by atoms with Crippen LogP contribution in [0.1, 0.15) is 32.1 Å². The highest BCUT2D eigenvalue weighted by Crippen LogP contribution is 2.18. The van der Waals surface area contributed by atoms with Crippen molar-refractivity contribution in [1.82, 2.24) is 4.90 Å². The van der Waals surface area contributed by atoms with Crippen LogP contribution in [0.15, 0.2) is 11.6 Å². The number of carboxylic acid groups (broad SMARTS) is 1. The Hall–Kier alpha value is -1.36. The van der Waals surface area contributed by atoms with Crippen molar-refractivity contribution in [2.75, 3.05) is 19.7 Å². The molecule has 2 aliphatic heterocycles. The first-order chi connectivity index (χ1) is 8.66. The van der Waals surface area contributed by atoms with Gasteiger partial charge in [-0.2, -0.15) is 0 Å². The molecule has 0 saturated carbocycles. The van der Waals surface area contributed by atoms with Gasteiger partial charge in [-0.25, -0.2) is 4.79 Å². The zero-order chi connectivity index (χ0) is 13.0. The maximum atomic E-state index is 12.1. The molecule has 18 heavy (non-hydrogen) atoms. The molecule has 1 atom stereocenters. The van der Waals surface area contributed by atoms with Crippen LogP contribution in [0, 0.1) is 0 Å². The predicted molar refractivity (Wildman–Crippen MR) is 65.1 cm³/mol. The van der Waals surface area contributed by atoms with Crippen molar-refractivity contribution >= 4 is 11.9 Å². The molecule has 0 spiro atoms. The van der Waals surface area contributed by atoms with Crippen LogP contribution in [0.25, 0.3) is 0 Å². The smallest absolute Gasteiger partial charge is 0.333 e. The molecule has 2 rings (SSSR count). The lowest BCUT2D eigenvalue weighted by molar-refractivity contribution is -0.136. The zero-order valence-corrected chi connectivity index (χ0v) is 10.4. The predicted octanol–water partition coefficient (Wildman–Crippen LogP) is 1.19. The zero-order valence-electron chi connectivity index (χ0n) is 10.4. The van der Waals surface area contributed by atoms with Gasteiger partial charge in [0.2, 0.25) is 5.91 Å². The van der Waals surface area contributed by atoms with Crippen LogP contribution < -0.4 is 0 Å². The van der Waals surface area contributed by atoms with Gasteiger partial charge < -0.3 is 14.7 Å². The van der Waals surface area contributed by atoms with Gasteiger partial charge in [0.05, 0.1) is 24.6 Å². The minimum absolute atomic E-state index is 0.00810. The van der Waals surface area contributed by atoms with Crippen LogP contribution in [0.2, 0.25) is 0 Å². The fourth-order valence-electron chi connectivity index (χ4n) is 2.40. The molecule has 1 amide bonds. The molecule has 1 fully saturated rings. The number of rotatable bonds is 3. The fourth-order valence-corrected chi connectivity index (χ4v) is 2.40. The van der Waals surface area contributed by atoms with Gasteiger partial charge in [-0.3, -0.25) is 4.79 Å². The van der Waals surface area contributed by atoms with E-state index in [-0.39, 0.29) is 18.6 Å². The first-order valence-electron chi connectivity index (χ1n) is 6.48. The van der Waals surface area contributed by atoms with Gasteiger partial charge in [0.25, 0.3) is 0 Å². The summed E-state index contributed by atoms with van der Waals surface area (Å²) < 4.78 is 5.54. The summed E-state index contributed by atoms with van der Waals surface area (Å²) in [5, 5.41) is 8.93. The highest BCUT2D eigenvalue weighted by atomic mass is 16.5. The minimum atomic E-state index is -0.929. The average molecular weight is 253 g/mol. The number of carboxylic acids is 1. The van der Waals surface area contributed by atoms with Crippen molar-refractivity contribution < 1.29 is 19.4 Å². The molecule has 5 heteroatoms. The number of aliphatic carboxylic acids is 1. The summed E-state index contributed by atoms with van der Waals surface area (Å²) in [7, 11) is 0. The minimum Gasteiger partial charge on any atom is -0.478 e. The van der Waals surface area contributed by atoms with E-state index in [2.05, 4.69) is 0 Å². The molecule has 100 valence electrons. The van der Waals surface area contributed by atoms with Crippen LogP contribution in [-0.4, -0.2) is 47.7 Å². The third kappa shape index (κ3) is 3.32. The lowest BCUT2D eigenvalue weighted by Crippen LogP contribution is -2.39. The third-order valence-electron chi connectivity index (χ3n) is 3.45. The molecule has 1 N–H and O–H groups in total. The van der Waals surface area contributed by atoms with Crippen LogP contribution in [0.5, 0.6) is 0 Å². The second-order valence-corrected chi connectivity index (χ2v) is 4.83. The van der Waals surface area contributed by atoms with Crippen molar-refractivity contribution in [2.45, 2.75) is 38.2 Å². The molecule has 0 aromatic heterocycles. The van der Waals surface area contributed by atoms with Crippen LogP contribution in [0.3, 0.4) is 0 Å². The van der Waals surface area contributed by atoms with E-state index in [0.29, 0.717) is 25.0 Å². The summed E-state index contributed by atoms with van der Waals surface area (Å²) in [4.78, 5) is 24.6. The lowest BCUT2D eigenvalue weighted by Gasteiger charge is -2.29. The van der Waals surface area contributed by atoms with Gasteiger partial charge in [-0.05, 0) is 25.7 Å². The molecular weight excluding hydrogens is 234 g/mol. The summed E-state index contributed by atoms with van der Waals surface area (Å²) >= 11 is 0. The number of ether oxygens (including phenoxy) is 1. The molecule has 2 heterocycles. The molecule has 0 radical (unpaired) electrons. The van der Waals surface area contributed by atoms with Gasteiger partial charge in [0, 0.05) is 13.2 Å². The van der Waals surface area contributed by atoms with Crippen LogP contribution >= 0.6 is 0 Å². The third-order valence-corrected chi connectivity index (χ3v) is 3.45. The van der Waals surface area contributed by atoms with E-state index >= 15 is 0 Å². The topological polar surface area (TPSA) is 66.8 Å². The maximum absolute atomic E-state index is 12.1. The number of carbonyl (C=O) groups is 2. The quantitative estimate of drug-likeness (QED) is 0.820. The van der Waals surface area contributed by atoms with Crippen LogP contribution in [0.4, 0.5) is 0 Å². The van der Waals surface area contributed by atoms with E-state index in [1.165, 1.54) is 0 Å². The lowest BCUT2D eigenvalue weighted by atomic mass is 10.0. The molecule has 0 aliphatic carbocycles. The SMILES string of the molecule is O=C(O)C1=CCCN(C(=O)CC2CCCCO2)C1. The number of carbonyl (C=O) groups excluding carboxylic acids is 1. The molecule has 0 aromatic rings. The highest BCUT2D eigenvalue weighted by Gasteiger charge is 2.25. The highest BCUT2D eigenvalue weighted by molar-refractivity contribution is 5.88. The van der Waals surface area contributed by atoms with E-state index in [9.17, 15) is 9.59 Å². The van der Waals surface area contributed by atoms with Crippen molar-refractivity contribution in [3.05, 3.63) is 11.6 Å². The Morgan fingerprint density at radius 3 is 2.94 bits per heavy atom. The van der Waals surface area contributed by atoms with Gasteiger partial charge in [-0.15, -0.1) is 0 Å². The summed E-state index contributed by atoms with van der Waals surface area (Å²) in [5.74, 6) is -0.921. The summed E-state index contributed by atoms with van der Waals surface area (Å²) in [5.41, 5.74) is 0.319. The second-order valence-electron chi connectivity index (χ2n) is 4.83. The normalized spacial score (nSPS) is 24.6. The van der Waals surface area contributed by atoms with Gasteiger partial charge in [0.1, 0.15) is 0 Å². The van der Waals surface area contributed by atoms with Crippen molar-refractivity contribution in [3.8, 4) is 0 Å². The van der Waals surface area contributed by atoms with E-state index in [1.807, 2.05) is 0 Å². The average Bonchev–Trinajstić information content (AvgIpc) is 2.40. The number of amides is 1. The van der Waals surface area contributed by atoms with Crippen LogP contribution in [-0.2, 0) is 14.3 Å². The monoisotopic (exact) mass is 253 g/mol. The largest absolute Gasteiger partial charge is 0.478 e. The van der Waals surface area contributed by atoms with E-state index in [0.717, 1.165) is 25.9 Å². The number of hydrogen-bond donors (Lipinski definition) is 1. The number of nitrogens with zero attached hydrogens (tertiary/aromatic N) is 1. The first kappa shape index (κ1) is 13.1. The molecule has 0 aromatic carbocycles. The fraction of sp³-hybridized carbons (Fsp3) is 0.692. The van der Waals surface area contributed by atoms with Crippen molar-refractivity contribution in [1.29, 1.82) is 0 Å². The van der Waals surface area contributed by atoms with Gasteiger partial charge >= 0.3 is 5.97 Å². The Balaban J connectivity index is 1.85. The summed E-state index contributed by atoms with van der Waals surface area (Å²) in [6, 6.07) is 0. The Labute approximate surface area is 106 Å². The molecule has 2 aliphatic rings. The Morgan fingerprint density at radius 1 is 1.44 bits per heavy atom. The Morgan fingerprint density at radius 2 is 2.28 bits per heavy atom. The summed E-state index contributed by atoms with van der Waals surface area (Å²) in [6.07, 6.45) is 5.83. The Kier molecular flexibility index (Phi) is 4.36.